The Labute approximate surface area is 261 Å². The summed E-state index contributed by atoms with van der Waals surface area (Å²) in [5.41, 5.74) is 1.86. The highest BCUT2D eigenvalue weighted by Gasteiger charge is 2.76. The summed E-state index contributed by atoms with van der Waals surface area (Å²) in [4.78, 5) is 48.4. The molecule has 0 radical (unpaired) electrons. The molecule has 8 nitrogen and oxygen atoms in total. The number of carbonyl (C=O) groups excluding carboxylic acids is 3. The van der Waals surface area contributed by atoms with Crippen molar-refractivity contribution in [3.8, 4) is 0 Å². The fourth-order valence-corrected chi connectivity index (χ4v) is 9.83. The van der Waals surface area contributed by atoms with Gasteiger partial charge in [0.05, 0.1) is 23.2 Å². The number of aliphatic hydroxyl groups excluding tert-OH is 1. The molecule has 43 heavy (non-hydrogen) atoms. The van der Waals surface area contributed by atoms with E-state index in [-0.39, 0.29) is 42.2 Å². The molecule has 3 fully saturated rings. The number of amides is 2. The van der Waals surface area contributed by atoms with Gasteiger partial charge in [-0.2, -0.15) is 0 Å². The molecule has 3 aliphatic heterocycles. The molecule has 236 valence electrons. The Bertz CT molecular complexity index is 1160. The number of nitrogens with zero attached hydrogens (tertiary/aromatic N) is 3. The second kappa shape index (κ2) is 14.8. The number of benzene rings is 1. The number of unbranched alkanes of at least 4 members (excludes halogenated alkanes) is 3. The van der Waals surface area contributed by atoms with Crippen LogP contribution in [0.25, 0.3) is 0 Å². The zero-order chi connectivity index (χ0) is 31.1. The van der Waals surface area contributed by atoms with Gasteiger partial charge >= 0.3 is 5.97 Å². The van der Waals surface area contributed by atoms with E-state index in [1.807, 2.05) is 24.3 Å². The van der Waals surface area contributed by atoms with Crippen molar-refractivity contribution in [1.82, 2.24) is 4.90 Å². The topological polar surface area (TPSA) is 90.4 Å². The molecule has 1 spiro atoms. The van der Waals surface area contributed by atoms with Crippen LogP contribution in [-0.2, 0) is 19.1 Å². The van der Waals surface area contributed by atoms with Gasteiger partial charge in [0.2, 0.25) is 5.91 Å². The smallest absolute Gasteiger partial charge is 0.310 e. The third-order valence-corrected chi connectivity index (χ3v) is 11.6. The average molecular weight is 612 g/mol. The van der Waals surface area contributed by atoms with Crippen LogP contribution in [0.15, 0.2) is 49.6 Å². The fourth-order valence-electron chi connectivity index (χ4n) is 7.43. The number of likely N-dealkylation sites (tertiary alicyclic amines) is 1. The van der Waals surface area contributed by atoms with Crippen molar-refractivity contribution in [3.05, 3.63) is 49.6 Å². The van der Waals surface area contributed by atoms with Crippen LogP contribution in [0, 0.1) is 17.8 Å². The summed E-state index contributed by atoms with van der Waals surface area (Å²) in [6.45, 7) is 16.9. The van der Waals surface area contributed by atoms with Crippen molar-refractivity contribution in [2.45, 2.75) is 75.3 Å². The lowest BCUT2D eigenvalue weighted by atomic mass is 9.66. The number of thioether (sulfide) groups is 1. The number of esters is 1. The van der Waals surface area contributed by atoms with Crippen molar-refractivity contribution in [1.29, 1.82) is 0 Å². The van der Waals surface area contributed by atoms with E-state index in [9.17, 15) is 19.5 Å². The minimum absolute atomic E-state index is 0.0524. The van der Waals surface area contributed by atoms with Crippen LogP contribution < -0.4 is 9.80 Å². The quantitative estimate of drug-likeness (QED) is 0.150. The summed E-state index contributed by atoms with van der Waals surface area (Å²) in [7, 11) is 0. The van der Waals surface area contributed by atoms with Gasteiger partial charge in [-0.1, -0.05) is 31.9 Å². The van der Waals surface area contributed by atoms with Gasteiger partial charge in [-0.15, -0.1) is 24.9 Å². The summed E-state index contributed by atoms with van der Waals surface area (Å²) in [6, 6.07) is 7.34. The SMILES string of the molecule is C=CCCOC(=O)[C@@H]1[C@@H]2CC(C)C3(S2)C(C(=O)N(CC=C)c2ccc(N(CC)CC)cc2)N(CCCCCCO)C(=O)[C@H]13. The number of aliphatic hydroxyl groups is 1. The Morgan fingerprint density at radius 2 is 1.77 bits per heavy atom. The normalized spacial score (nSPS) is 27.2. The molecule has 1 aromatic rings. The zero-order valence-electron chi connectivity index (χ0n) is 26.1. The minimum atomic E-state index is -0.702. The van der Waals surface area contributed by atoms with Gasteiger partial charge in [-0.05, 0) is 69.7 Å². The van der Waals surface area contributed by atoms with Crippen molar-refractivity contribution >= 4 is 40.9 Å². The highest BCUT2D eigenvalue weighted by Crippen LogP contribution is 2.68. The number of rotatable bonds is 17. The van der Waals surface area contributed by atoms with Crippen LogP contribution >= 0.6 is 11.8 Å². The highest BCUT2D eigenvalue weighted by molar-refractivity contribution is 8.02. The predicted molar refractivity (Wildman–Crippen MR) is 174 cm³/mol. The van der Waals surface area contributed by atoms with E-state index in [4.69, 9.17) is 4.74 Å². The maximum Gasteiger partial charge on any atom is 0.310 e. The van der Waals surface area contributed by atoms with E-state index >= 15 is 0 Å². The highest BCUT2D eigenvalue weighted by atomic mass is 32.2. The van der Waals surface area contributed by atoms with Crippen molar-refractivity contribution in [2.24, 2.45) is 17.8 Å². The van der Waals surface area contributed by atoms with Gasteiger partial charge < -0.3 is 24.5 Å². The fraction of sp³-hybridized carbons (Fsp3) is 0.618. The third-order valence-electron chi connectivity index (χ3n) is 9.49. The lowest BCUT2D eigenvalue weighted by Gasteiger charge is -2.40. The van der Waals surface area contributed by atoms with Gasteiger partial charge in [0.25, 0.3) is 5.91 Å². The molecule has 1 aromatic carbocycles. The minimum Gasteiger partial charge on any atom is -0.465 e. The molecule has 3 unspecified atom stereocenters. The van der Waals surface area contributed by atoms with E-state index in [1.54, 1.807) is 33.7 Å². The second-order valence-corrected chi connectivity index (χ2v) is 13.4. The molecule has 1 N–H and O–H groups in total. The number of fused-ring (bicyclic) bond motifs is 1. The van der Waals surface area contributed by atoms with Crippen molar-refractivity contribution in [2.75, 3.05) is 49.2 Å². The maximum absolute atomic E-state index is 14.8. The first-order valence-electron chi connectivity index (χ1n) is 15.9. The molecule has 4 rings (SSSR count). The first-order chi connectivity index (χ1) is 20.8. The average Bonchev–Trinajstić information content (AvgIpc) is 3.60. The number of ether oxygens (including phenoxy) is 1. The molecule has 6 atom stereocenters. The summed E-state index contributed by atoms with van der Waals surface area (Å²) >= 11 is 1.67. The monoisotopic (exact) mass is 611 g/mol. The van der Waals surface area contributed by atoms with Gasteiger partial charge in [-0.3, -0.25) is 14.4 Å². The molecular formula is C34H49N3O5S. The Kier molecular flexibility index (Phi) is 11.4. The standard InChI is InChI=1S/C34H49N3O5S/c1-6-10-22-42-33(41)28-27-23-24(5)34(43-27)29(28)31(39)37(20-13-11-12-14-21-38)30(34)32(40)36(19-7-2)26-17-15-25(16-18-26)35(8-3)9-4/h6-7,15-18,24,27-30,38H,1-2,8-14,19-23H2,3-5H3/t24?,27-,28+,29-,30?,34?/m0/s1. The lowest BCUT2D eigenvalue weighted by molar-refractivity contribution is -0.154. The molecule has 0 aromatic heterocycles. The van der Waals surface area contributed by atoms with Crippen LogP contribution in [0.5, 0.6) is 0 Å². The zero-order valence-corrected chi connectivity index (χ0v) is 26.9. The molecule has 3 aliphatic rings. The molecule has 2 amide bonds. The van der Waals surface area contributed by atoms with Gasteiger partial charge in [0.15, 0.2) is 0 Å². The summed E-state index contributed by atoms with van der Waals surface area (Å²) in [5, 5.41) is 9.17. The van der Waals surface area contributed by atoms with Gasteiger partial charge in [0.1, 0.15) is 6.04 Å². The largest absolute Gasteiger partial charge is 0.465 e. The molecule has 3 saturated heterocycles. The molecular weight excluding hydrogens is 562 g/mol. The van der Waals surface area contributed by atoms with Crippen molar-refractivity contribution < 1.29 is 24.2 Å². The number of anilines is 2. The third kappa shape index (κ3) is 6.25. The number of carbonyl (C=O) groups is 3. The molecule has 0 saturated carbocycles. The molecule has 0 aliphatic carbocycles. The first-order valence-corrected chi connectivity index (χ1v) is 16.8. The Hall–Kier alpha value is -2.78. The number of hydrogen-bond acceptors (Lipinski definition) is 7. The van der Waals surface area contributed by atoms with E-state index < -0.39 is 22.6 Å². The van der Waals surface area contributed by atoms with Gasteiger partial charge in [0, 0.05) is 49.4 Å². The molecule has 3 heterocycles. The van der Waals surface area contributed by atoms with Crippen LogP contribution in [-0.4, -0.2) is 83.2 Å². The predicted octanol–water partition coefficient (Wildman–Crippen LogP) is 5.06. The maximum atomic E-state index is 14.8. The van der Waals surface area contributed by atoms with Crippen LogP contribution in [0.4, 0.5) is 11.4 Å². The Balaban J connectivity index is 1.70. The van der Waals surface area contributed by atoms with Gasteiger partial charge in [-0.25, -0.2) is 0 Å². The Morgan fingerprint density at radius 3 is 2.40 bits per heavy atom. The summed E-state index contributed by atoms with van der Waals surface area (Å²) < 4.78 is 4.94. The Morgan fingerprint density at radius 1 is 1.09 bits per heavy atom. The van der Waals surface area contributed by atoms with Crippen LogP contribution in [0.3, 0.4) is 0 Å². The van der Waals surface area contributed by atoms with Crippen molar-refractivity contribution in [3.63, 3.8) is 0 Å². The van der Waals surface area contributed by atoms with E-state index in [0.29, 0.717) is 25.9 Å². The summed E-state index contributed by atoms with van der Waals surface area (Å²) in [5.74, 6) is -1.64. The number of hydrogen-bond donors (Lipinski definition) is 1. The summed E-state index contributed by atoms with van der Waals surface area (Å²) in [6.07, 6.45) is 7.92. The van der Waals surface area contributed by atoms with E-state index in [0.717, 1.165) is 50.1 Å². The van der Waals surface area contributed by atoms with E-state index in [1.165, 1.54) is 0 Å². The lowest BCUT2D eigenvalue weighted by Crippen LogP contribution is -2.57. The first kappa shape index (κ1) is 33.1. The van der Waals surface area contributed by atoms with E-state index in [2.05, 4.69) is 38.8 Å². The van der Waals surface area contributed by atoms with Crippen LogP contribution in [0.2, 0.25) is 0 Å². The second-order valence-electron chi connectivity index (χ2n) is 11.9. The molecule has 2 bridgehead atoms. The molecule has 9 heteroatoms. The van der Waals surface area contributed by atoms with Crippen LogP contribution in [0.1, 0.15) is 59.3 Å².